The molecule has 0 spiro atoms. The molecule has 0 bridgehead atoms. The maximum Gasteiger partial charge on any atom is 0.197 e. The molecule has 1 heterocycles. The quantitative estimate of drug-likeness (QED) is 0.103. The molecule has 210 valence electrons. The van der Waals surface area contributed by atoms with E-state index in [1.807, 2.05) is 79.7 Å². The van der Waals surface area contributed by atoms with E-state index in [4.69, 9.17) is 9.15 Å². The summed E-state index contributed by atoms with van der Waals surface area (Å²) < 4.78 is 12.2. The second-order valence-corrected chi connectivity index (χ2v) is 10.9. The van der Waals surface area contributed by atoms with Gasteiger partial charge in [0.2, 0.25) is 0 Å². The lowest BCUT2D eigenvalue weighted by Gasteiger charge is -2.16. The first-order chi connectivity index (χ1) is 20.1. The van der Waals surface area contributed by atoms with Crippen LogP contribution in [-0.2, 0) is 6.54 Å². The van der Waals surface area contributed by atoms with Crippen LogP contribution in [0.4, 0.5) is 0 Å². The van der Waals surface area contributed by atoms with Gasteiger partial charge in [-0.1, -0.05) is 91.6 Å². The molecule has 0 N–H and O–H groups in total. The van der Waals surface area contributed by atoms with Gasteiger partial charge in [0.1, 0.15) is 17.1 Å². The summed E-state index contributed by atoms with van der Waals surface area (Å²) in [5, 5.41) is 0.831. The minimum atomic E-state index is -0.0307. The molecular formula is C37H39NO3. The van der Waals surface area contributed by atoms with E-state index in [1.54, 1.807) is 0 Å². The second-order valence-electron chi connectivity index (χ2n) is 10.9. The Morgan fingerprint density at radius 3 is 2.32 bits per heavy atom. The standard InChI is InChI=1S/C37H39NO3/c1-28-14-13-17-31(26-28)36(39)35-33-18-9-10-19-34(33)41-37(35)30-20-22-32(23-21-30)40-25-12-5-3-4-11-24-38(2)27-29-15-7-6-8-16-29/h6-10,13-23,26H,3-5,11-12,24-25,27H2,1-2H3. The summed E-state index contributed by atoms with van der Waals surface area (Å²) in [6, 6.07) is 34.0. The molecule has 0 saturated heterocycles. The average Bonchev–Trinajstić information content (AvgIpc) is 3.38. The summed E-state index contributed by atoms with van der Waals surface area (Å²) in [4.78, 5) is 16.0. The van der Waals surface area contributed by atoms with Crippen molar-refractivity contribution in [1.82, 2.24) is 4.90 Å². The Labute approximate surface area is 243 Å². The van der Waals surface area contributed by atoms with E-state index in [-0.39, 0.29) is 5.78 Å². The number of para-hydroxylation sites is 1. The molecule has 0 aliphatic heterocycles. The second kappa shape index (κ2) is 14.0. The van der Waals surface area contributed by atoms with Gasteiger partial charge >= 0.3 is 0 Å². The molecule has 0 unspecified atom stereocenters. The number of ketones is 1. The largest absolute Gasteiger partial charge is 0.494 e. The van der Waals surface area contributed by atoms with Gasteiger partial charge in [-0.3, -0.25) is 4.79 Å². The lowest BCUT2D eigenvalue weighted by atomic mass is 9.96. The van der Waals surface area contributed by atoms with Crippen LogP contribution in [0.25, 0.3) is 22.3 Å². The number of hydrogen-bond donors (Lipinski definition) is 0. The number of rotatable bonds is 14. The molecule has 4 heteroatoms. The maximum atomic E-state index is 13.6. The molecule has 0 aliphatic carbocycles. The van der Waals surface area contributed by atoms with Gasteiger partial charge in [-0.15, -0.1) is 0 Å². The van der Waals surface area contributed by atoms with Crippen LogP contribution in [0.3, 0.4) is 0 Å². The van der Waals surface area contributed by atoms with Crippen LogP contribution in [0, 0.1) is 6.92 Å². The number of aryl methyl sites for hydroxylation is 1. The lowest BCUT2D eigenvalue weighted by Crippen LogP contribution is -2.18. The number of hydrogen-bond acceptors (Lipinski definition) is 4. The van der Waals surface area contributed by atoms with Gasteiger partial charge in [-0.25, -0.2) is 0 Å². The van der Waals surface area contributed by atoms with Crippen LogP contribution in [0.2, 0.25) is 0 Å². The molecule has 5 aromatic rings. The van der Waals surface area contributed by atoms with Gasteiger partial charge in [0.25, 0.3) is 0 Å². The summed E-state index contributed by atoms with van der Waals surface area (Å²) in [6.45, 7) is 4.83. The van der Waals surface area contributed by atoms with Crippen molar-refractivity contribution in [2.75, 3.05) is 20.2 Å². The van der Waals surface area contributed by atoms with E-state index in [0.29, 0.717) is 29.1 Å². The van der Waals surface area contributed by atoms with Crippen LogP contribution in [0.15, 0.2) is 108 Å². The van der Waals surface area contributed by atoms with Gasteiger partial charge in [-0.2, -0.15) is 0 Å². The number of nitrogens with zero attached hydrogens (tertiary/aromatic N) is 1. The number of carbonyl (C=O) groups excluding carboxylic acids is 1. The monoisotopic (exact) mass is 545 g/mol. The van der Waals surface area contributed by atoms with Crippen LogP contribution < -0.4 is 4.74 Å². The van der Waals surface area contributed by atoms with E-state index in [2.05, 4.69) is 42.3 Å². The molecule has 4 nitrogen and oxygen atoms in total. The Morgan fingerprint density at radius 2 is 1.51 bits per heavy atom. The number of furan rings is 1. The lowest BCUT2D eigenvalue weighted by molar-refractivity contribution is 0.104. The smallest absolute Gasteiger partial charge is 0.197 e. The van der Waals surface area contributed by atoms with Crippen molar-refractivity contribution in [3.63, 3.8) is 0 Å². The van der Waals surface area contributed by atoms with Crippen LogP contribution in [-0.4, -0.2) is 30.9 Å². The van der Waals surface area contributed by atoms with Gasteiger partial charge in [-0.05, 0) is 75.3 Å². The summed E-state index contributed by atoms with van der Waals surface area (Å²) in [5.74, 6) is 1.40. The first kappa shape index (κ1) is 28.4. The van der Waals surface area contributed by atoms with Gasteiger partial charge in [0.05, 0.1) is 12.2 Å². The Kier molecular flexibility index (Phi) is 9.66. The number of ether oxygens (including phenoxy) is 1. The first-order valence-corrected chi connectivity index (χ1v) is 14.7. The minimum Gasteiger partial charge on any atom is -0.494 e. The van der Waals surface area contributed by atoms with Gasteiger partial charge < -0.3 is 14.1 Å². The molecular weight excluding hydrogens is 506 g/mol. The fourth-order valence-corrected chi connectivity index (χ4v) is 5.29. The average molecular weight is 546 g/mol. The van der Waals surface area contributed by atoms with Crippen molar-refractivity contribution >= 4 is 16.8 Å². The van der Waals surface area contributed by atoms with E-state index in [9.17, 15) is 4.79 Å². The molecule has 41 heavy (non-hydrogen) atoms. The van der Waals surface area contributed by atoms with Crippen molar-refractivity contribution in [2.24, 2.45) is 0 Å². The van der Waals surface area contributed by atoms with Crippen molar-refractivity contribution in [2.45, 2.75) is 45.6 Å². The Morgan fingerprint density at radius 1 is 0.780 bits per heavy atom. The van der Waals surface area contributed by atoms with Crippen LogP contribution >= 0.6 is 0 Å². The maximum absolute atomic E-state index is 13.6. The molecule has 5 rings (SSSR count). The first-order valence-electron chi connectivity index (χ1n) is 14.7. The van der Waals surface area contributed by atoms with Crippen molar-refractivity contribution in [3.8, 4) is 17.1 Å². The van der Waals surface area contributed by atoms with Gasteiger partial charge in [0.15, 0.2) is 5.78 Å². The predicted octanol–water partition coefficient (Wildman–Crippen LogP) is 9.10. The SMILES string of the molecule is Cc1cccc(C(=O)c2c(-c3ccc(OCCCCCCCN(C)Cc4ccccc4)cc3)oc3ccccc23)c1. The predicted molar refractivity (Wildman–Crippen MR) is 168 cm³/mol. The van der Waals surface area contributed by atoms with Crippen molar-refractivity contribution < 1.29 is 13.9 Å². The third-order valence-electron chi connectivity index (χ3n) is 7.47. The summed E-state index contributed by atoms with van der Waals surface area (Å²) in [7, 11) is 2.20. The minimum absolute atomic E-state index is 0.0307. The highest BCUT2D eigenvalue weighted by molar-refractivity contribution is 6.19. The molecule has 4 aromatic carbocycles. The van der Waals surface area contributed by atoms with E-state index >= 15 is 0 Å². The number of unbranched alkanes of at least 4 members (excludes halogenated alkanes) is 4. The summed E-state index contributed by atoms with van der Waals surface area (Å²) in [5.41, 5.74) is 5.26. The number of carbonyl (C=O) groups is 1. The normalized spacial score (nSPS) is 11.3. The molecule has 0 atom stereocenters. The van der Waals surface area contributed by atoms with Crippen molar-refractivity contribution in [3.05, 3.63) is 125 Å². The zero-order valence-corrected chi connectivity index (χ0v) is 24.1. The van der Waals surface area contributed by atoms with E-state index < -0.39 is 0 Å². The molecule has 0 fully saturated rings. The number of benzene rings is 4. The van der Waals surface area contributed by atoms with Crippen LogP contribution in [0.5, 0.6) is 5.75 Å². The number of fused-ring (bicyclic) bond motifs is 1. The zero-order chi connectivity index (χ0) is 28.4. The Balaban J connectivity index is 1.11. The molecule has 0 saturated carbocycles. The summed E-state index contributed by atoms with van der Waals surface area (Å²) in [6.07, 6.45) is 5.91. The van der Waals surface area contributed by atoms with E-state index in [0.717, 1.165) is 41.8 Å². The van der Waals surface area contributed by atoms with Gasteiger partial charge in [0, 0.05) is 23.1 Å². The molecule has 0 aliphatic rings. The highest BCUT2D eigenvalue weighted by Crippen LogP contribution is 2.36. The topological polar surface area (TPSA) is 42.7 Å². The van der Waals surface area contributed by atoms with Crippen molar-refractivity contribution in [1.29, 1.82) is 0 Å². The Hall–Kier alpha value is -4.15. The summed E-state index contributed by atoms with van der Waals surface area (Å²) >= 11 is 0. The molecule has 1 aromatic heterocycles. The fraction of sp³-hybridized carbons (Fsp3) is 0.270. The molecule has 0 amide bonds. The highest BCUT2D eigenvalue weighted by atomic mass is 16.5. The highest BCUT2D eigenvalue weighted by Gasteiger charge is 2.23. The van der Waals surface area contributed by atoms with E-state index in [1.165, 1.54) is 31.2 Å². The Bertz CT molecular complexity index is 1550. The third kappa shape index (κ3) is 7.53. The molecule has 0 radical (unpaired) electrons. The zero-order valence-electron chi connectivity index (χ0n) is 24.1. The van der Waals surface area contributed by atoms with Crippen LogP contribution in [0.1, 0.15) is 59.2 Å². The fourth-order valence-electron chi connectivity index (χ4n) is 5.29. The third-order valence-corrected chi connectivity index (χ3v) is 7.47.